The van der Waals surface area contributed by atoms with Gasteiger partial charge in [-0.15, -0.1) is 0 Å². The number of nitrogens with one attached hydrogen (secondary N) is 2. The number of carbonyl (C=O) groups excluding carboxylic acids is 2. The average molecular weight is 446 g/mol. The molecule has 0 saturated carbocycles. The molecule has 4 rings (SSSR count). The Morgan fingerprint density at radius 2 is 1.82 bits per heavy atom. The van der Waals surface area contributed by atoms with Crippen molar-refractivity contribution in [1.29, 1.82) is 0 Å². The quantitative estimate of drug-likeness (QED) is 0.463. The molecule has 0 aliphatic carbocycles. The van der Waals surface area contributed by atoms with Crippen molar-refractivity contribution >= 4 is 28.5 Å². The van der Waals surface area contributed by atoms with E-state index < -0.39 is 11.7 Å². The molecule has 0 spiro atoms. The van der Waals surface area contributed by atoms with E-state index in [0.29, 0.717) is 39.4 Å². The highest BCUT2D eigenvalue weighted by molar-refractivity contribution is 6.05. The van der Waals surface area contributed by atoms with E-state index in [9.17, 15) is 14.0 Å². The number of hydrogen-bond acceptors (Lipinski definition) is 4. The van der Waals surface area contributed by atoms with Gasteiger partial charge >= 0.3 is 0 Å². The monoisotopic (exact) mass is 446 g/mol. The molecule has 0 aliphatic heterocycles. The number of anilines is 1. The fraction of sp³-hybridized carbons (Fsp3) is 0.160. The van der Waals surface area contributed by atoms with Crippen LogP contribution in [0.25, 0.3) is 22.4 Å². The molecular formula is C25H23FN4O3. The molecule has 0 unspecified atom stereocenters. The molecule has 2 N–H and O–H groups in total. The van der Waals surface area contributed by atoms with Crippen LogP contribution in [0.3, 0.4) is 0 Å². The number of amides is 2. The van der Waals surface area contributed by atoms with Crippen LogP contribution in [0.4, 0.5) is 10.1 Å². The molecule has 1 heterocycles. The van der Waals surface area contributed by atoms with Crippen LogP contribution in [0.5, 0.6) is 5.75 Å². The zero-order valence-corrected chi connectivity index (χ0v) is 18.5. The molecule has 1 aromatic heterocycles. The van der Waals surface area contributed by atoms with Crippen LogP contribution >= 0.6 is 0 Å². The van der Waals surface area contributed by atoms with Gasteiger partial charge in [0.1, 0.15) is 17.4 Å². The number of nitrogens with zero attached hydrogens (tertiary/aromatic N) is 2. The Hall–Kier alpha value is -4.20. The number of benzene rings is 3. The molecule has 3 aromatic carbocycles. The predicted molar refractivity (Wildman–Crippen MR) is 125 cm³/mol. The summed E-state index contributed by atoms with van der Waals surface area (Å²) in [6, 6.07) is 17.0. The molecule has 0 fully saturated rings. The van der Waals surface area contributed by atoms with Crippen LogP contribution in [0, 0.1) is 5.82 Å². The summed E-state index contributed by atoms with van der Waals surface area (Å²) in [5.41, 5.74) is 3.10. The van der Waals surface area contributed by atoms with Crippen LogP contribution in [0.15, 0.2) is 60.7 Å². The lowest BCUT2D eigenvalue weighted by Crippen LogP contribution is -2.23. The molecular weight excluding hydrogens is 423 g/mol. The summed E-state index contributed by atoms with van der Waals surface area (Å²) in [5, 5.41) is 5.52. The fourth-order valence-corrected chi connectivity index (χ4v) is 3.76. The largest absolute Gasteiger partial charge is 0.496 e. The van der Waals surface area contributed by atoms with Crippen LogP contribution in [0.2, 0.25) is 0 Å². The molecule has 2 amide bonds. The Morgan fingerprint density at radius 1 is 1.09 bits per heavy atom. The van der Waals surface area contributed by atoms with Gasteiger partial charge in [-0.2, -0.15) is 0 Å². The van der Waals surface area contributed by atoms with Crippen molar-refractivity contribution in [3.05, 3.63) is 77.6 Å². The first-order valence-corrected chi connectivity index (χ1v) is 10.3. The Balaban J connectivity index is 1.76. The number of fused-ring (bicyclic) bond motifs is 1. The molecule has 0 saturated heterocycles. The number of carbonyl (C=O) groups is 2. The number of para-hydroxylation sites is 1. The first kappa shape index (κ1) is 22.0. The van der Waals surface area contributed by atoms with E-state index in [0.717, 1.165) is 5.56 Å². The van der Waals surface area contributed by atoms with Gasteiger partial charge in [-0.1, -0.05) is 30.3 Å². The first-order chi connectivity index (χ1) is 15.9. The van der Waals surface area contributed by atoms with Gasteiger partial charge in [-0.3, -0.25) is 9.59 Å². The highest BCUT2D eigenvalue weighted by atomic mass is 19.1. The van der Waals surface area contributed by atoms with Crippen molar-refractivity contribution in [2.75, 3.05) is 12.4 Å². The third-order valence-corrected chi connectivity index (χ3v) is 5.29. The minimum atomic E-state index is -0.406. The van der Waals surface area contributed by atoms with Gasteiger partial charge < -0.3 is 19.9 Å². The average Bonchev–Trinajstić information content (AvgIpc) is 3.14. The number of halogens is 1. The van der Waals surface area contributed by atoms with E-state index in [-0.39, 0.29) is 12.5 Å². The first-order valence-electron chi connectivity index (χ1n) is 10.3. The highest BCUT2D eigenvalue weighted by Gasteiger charge is 2.19. The maximum Gasteiger partial charge on any atom is 0.251 e. The summed E-state index contributed by atoms with van der Waals surface area (Å²) in [5.74, 6) is 0.202. The van der Waals surface area contributed by atoms with Gasteiger partial charge in [0, 0.05) is 31.6 Å². The van der Waals surface area contributed by atoms with Gasteiger partial charge in [0.05, 0.1) is 29.4 Å². The third-order valence-electron chi connectivity index (χ3n) is 5.29. The summed E-state index contributed by atoms with van der Waals surface area (Å²) < 4.78 is 21.2. The van der Waals surface area contributed by atoms with Crippen molar-refractivity contribution in [3.8, 4) is 17.1 Å². The molecule has 0 aliphatic rings. The van der Waals surface area contributed by atoms with E-state index in [1.165, 1.54) is 13.0 Å². The highest BCUT2D eigenvalue weighted by Crippen LogP contribution is 2.34. The van der Waals surface area contributed by atoms with Crippen molar-refractivity contribution in [2.45, 2.75) is 13.5 Å². The lowest BCUT2D eigenvalue weighted by Gasteiger charge is -2.11. The minimum absolute atomic E-state index is 0.0354. The molecule has 33 heavy (non-hydrogen) atoms. The fourth-order valence-electron chi connectivity index (χ4n) is 3.76. The summed E-state index contributed by atoms with van der Waals surface area (Å²) in [6.45, 7) is 1.43. The van der Waals surface area contributed by atoms with Crippen LogP contribution < -0.4 is 15.4 Å². The van der Waals surface area contributed by atoms with E-state index in [1.807, 2.05) is 35.9 Å². The van der Waals surface area contributed by atoms with Gasteiger partial charge in [0.25, 0.3) is 5.91 Å². The second-order valence-corrected chi connectivity index (χ2v) is 7.54. The predicted octanol–water partition coefficient (Wildman–Crippen LogP) is 4.28. The van der Waals surface area contributed by atoms with Crippen LogP contribution in [-0.4, -0.2) is 28.5 Å². The smallest absolute Gasteiger partial charge is 0.251 e. The molecule has 0 atom stereocenters. The number of ether oxygens (including phenoxy) is 1. The lowest BCUT2D eigenvalue weighted by atomic mass is 10.1. The zero-order chi connectivity index (χ0) is 23.5. The third kappa shape index (κ3) is 4.41. The molecule has 0 radical (unpaired) electrons. The lowest BCUT2D eigenvalue weighted by molar-refractivity contribution is -0.114. The normalized spacial score (nSPS) is 10.8. The number of methoxy groups -OCH3 is 1. The van der Waals surface area contributed by atoms with E-state index in [2.05, 4.69) is 10.6 Å². The maximum atomic E-state index is 13.9. The molecule has 0 bridgehead atoms. The Morgan fingerprint density at radius 3 is 2.55 bits per heavy atom. The maximum absolute atomic E-state index is 13.9. The number of rotatable bonds is 6. The van der Waals surface area contributed by atoms with Gasteiger partial charge in [0.15, 0.2) is 0 Å². The Labute approximate surface area is 190 Å². The Kier molecular flexibility index (Phi) is 6.08. The topological polar surface area (TPSA) is 85.2 Å². The van der Waals surface area contributed by atoms with Gasteiger partial charge in [0.2, 0.25) is 5.91 Å². The second-order valence-electron chi connectivity index (χ2n) is 7.54. The molecule has 8 heteroatoms. The summed E-state index contributed by atoms with van der Waals surface area (Å²) in [4.78, 5) is 29.5. The minimum Gasteiger partial charge on any atom is -0.496 e. The van der Waals surface area contributed by atoms with Crippen molar-refractivity contribution in [2.24, 2.45) is 7.05 Å². The van der Waals surface area contributed by atoms with E-state index in [1.54, 1.807) is 37.4 Å². The van der Waals surface area contributed by atoms with Crippen molar-refractivity contribution in [1.82, 2.24) is 14.9 Å². The van der Waals surface area contributed by atoms with Crippen LogP contribution in [-0.2, 0) is 18.4 Å². The number of imidazole rings is 1. The summed E-state index contributed by atoms with van der Waals surface area (Å²) >= 11 is 0. The standard InChI is InChI=1S/C25H23FN4O3/c1-15(31)28-20-12-17(25(32)27-14-16-8-4-6-10-19(16)26)13-21-23(20)30(2)24(29-21)18-9-5-7-11-22(18)33-3/h4-13H,14H2,1-3H3,(H,27,32)(H,28,31). The van der Waals surface area contributed by atoms with Gasteiger partial charge in [-0.05, 0) is 30.3 Å². The Bertz CT molecular complexity index is 1360. The zero-order valence-electron chi connectivity index (χ0n) is 18.5. The SMILES string of the molecule is COc1ccccc1-c1nc2cc(C(=O)NCc3ccccc3F)cc(NC(C)=O)c2n1C. The van der Waals surface area contributed by atoms with Crippen molar-refractivity contribution in [3.63, 3.8) is 0 Å². The van der Waals surface area contributed by atoms with Crippen molar-refractivity contribution < 1.29 is 18.7 Å². The molecule has 4 aromatic rings. The van der Waals surface area contributed by atoms with E-state index in [4.69, 9.17) is 9.72 Å². The van der Waals surface area contributed by atoms with E-state index >= 15 is 0 Å². The second kappa shape index (κ2) is 9.12. The summed E-state index contributed by atoms with van der Waals surface area (Å²) in [7, 11) is 3.42. The molecule has 168 valence electrons. The molecule has 7 nitrogen and oxygen atoms in total. The van der Waals surface area contributed by atoms with Crippen LogP contribution in [0.1, 0.15) is 22.8 Å². The number of aromatic nitrogens is 2. The van der Waals surface area contributed by atoms with Gasteiger partial charge in [-0.25, -0.2) is 9.37 Å². The number of hydrogen-bond donors (Lipinski definition) is 2. The summed E-state index contributed by atoms with van der Waals surface area (Å²) in [6.07, 6.45) is 0. The number of aryl methyl sites for hydroxylation is 1.